The summed E-state index contributed by atoms with van der Waals surface area (Å²) >= 11 is 0. The molecule has 0 spiro atoms. The zero-order valence-corrected chi connectivity index (χ0v) is 21.8. The molecular formula is C27H25FN6O4S. The number of rotatable bonds is 7. The van der Waals surface area contributed by atoms with Gasteiger partial charge in [0.2, 0.25) is 16.0 Å². The maximum atomic E-state index is 13.6. The second-order valence-electron chi connectivity index (χ2n) is 9.16. The monoisotopic (exact) mass is 548 g/mol. The van der Waals surface area contributed by atoms with Crippen molar-refractivity contribution in [3.05, 3.63) is 79.1 Å². The fourth-order valence-corrected chi connectivity index (χ4v) is 6.33. The molecule has 0 saturated carbocycles. The van der Waals surface area contributed by atoms with Crippen molar-refractivity contribution in [2.24, 2.45) is 0 Å². The molecule has 12 heteroatoms. The fraction of sp³-hybridized carbons (Fsp3) is 0.222. The highest BCUT2D eigenvalue weighted by Gasteiger charge is 2.31. The Balaban J connectivity index is 1.27. The van der Waals surface area contributed by atoms with E-state index in [-0.39, 0.29) is 23.3 Å². The minimum absolute atomic E-state index is 0.190. The van der Waals surface area contributed by atoms with Crippen LogP contribution in [-0.2, 0) is 10.0 Å². The van der Waals surface area contributed by atoms with Crippen molar-refractivity contribution in [3.63, 3.8) is 0 Å². The lowest BCUT2D eigenvalue weighted by Gasteiger charge is -2.32. The van der Waals surface area contributed by atoms with E-state index in [1.165, 1.54) is 35.9 Å². The van der Waals surface area contributed by atoms with Gasteiger partial charge >= 0.3 is 5.84 Å². The van der Waals surface area contributed by atoms with Crippen molar-refractivity contribution in [1.29, 1.82) is 0 Å². The maximum Gasteiger partial charge on any atom is 0.306 e. The summed E-state index contributed by atoms with van der Waals surface area (Å²) < 4.78 is 54.2. The number of imidazole rings is 1. The molecule has 6 rings (SSSR count). The van der Waals surface area contributed by atoms with E-state index in [0.717, 1.165) is 6.42 Å². The Morgan fingerprint density at radius 2 is 1.97 bits per heavy atom. The molecule has 1 aliphatic heterocycles. The molecule has 1 fully saturated rings. The normalized spacial score (nSPS) is 16.4. The molecule has 1 atom stereocenters. The van der Waals surface area contributed by atoms with Crippen LogP contribution >= 0.6 is 0 Å². The van der Waals surface area contributed by atoms with Gasteiger partial charge in [-0.05, 0) is 55.3 Å². The van der Waals surface area contributed by atoms with Crippen LogP contribution in [0.25, 0.3) is 28.5 Å². The van der Waals surface area contributed by atoms with Crippen molar-refractivity contribution in [2.45, 2.75) is 23.8 Å². The van der Waals surface area contributed by atoms with Gasteiger partial charge in [-0.2, -0.15) is 9.29 Å². The first-order valence-electron chi connectivity index (χ1n) is 12.4. The first-order valence-corrected chi connectivity index (χ1v) is 13.8. The summed E-state index contributed by atoms with van der Waals surface area (Å²) in [6.45, 7) is 0.695. The summed E-state index contributed by atoms with van der Waals surface area (Å²) in [5.41, 5.74) is 2.55. The van der Waals surface area contributed by atoms with E-state index in [0.29, 0.717) is 53.2 Å². The molecule has 3 aromatic heterocycles. The average molecular weight is 549 g/mol. The first-order chi connectivity index (χ1) is 18.9. The number of halogens is 1. The number of oxazole rings is 1. The van der Waals surface area contributed by atoms with E-state index in [1.54, 1.807) is 53.2 Å². The highest BCUT2D eigenvalue weighted by atomic mass is 32.2. The Morgan fingerprint density at radius 1 is 1.13 bits per heavy atom. The molecule has 1 saturated heterocycles. The van der Waals surface area contributed by atoms with Crippen LogP contribution in [0.4, 0.5) is 10.3 Å². The highest BCUT2D eigenvalue weighted by Crippen LogP contribution is 2.33. The van der Waals surface area contributed by atoms with Crippen LogP contribution < -0.4 is 10.1 Å². The number of piperidine rings is 1. The molecule has 0 bridgehead atoms. The van der Waals surface area contributed by atoms with Gasteiger partial charge in [0.1, 0.15) is 29.2 Å². The van der Waals surface area contributed by atoms with Gasteiger partial charge in [-0.3, -0.25) is 4.40 Å². The third kappa shape index (κ3) is 4.84. The van der Waals surface area contributed by atoms with Crippen LogP contribution in [0.5, 0.6) is 5.75 Å². The third-order valence-electron chi connectivity index (χ3n) is 6.67. The maximum absolute atomic E-state index is 13.6. The van der Waals surface area contributed by atoms with Gasteiger partial charge < -0.3 is 14.5 Å². The standard InChI is InChI=1S/C27H25FN6O4S/c1-37-21-5-2-6-22(16-21)39(35,36)33-13-3-4-20(17-33)30-26-29-12-11-23(31-26)25-24(18-7-9-19(28)10-8-18)32-27-34(25)14-15-38-27/h2,5-12,14-16,20H,3-4,13,17H2,1H3,(H,29,30,31)/t20-/m1/s1. The lowest BCUT2D eigenvalue weighted by Crippen LogP contribution is -2.45. The molecule has 2 aromatic carbocycles. The molecule has 10 nitrogen and oxygen atoms in total. The summed E-state index contributed by atoms with van der Waals surface area (Å²) in [5.74, 6) is 0.885. The molecule has 0 unspecified atom stereocenters. The number of nitrogens with zero attached hydrogens (tertiary/aromatic N) is 5. The second kappa shape index (κ2) is 10.1. The number of hydrogen-bond donors (Lipinski definition) is 1. The Hall–Kier alpha value is -4.29. The number of nitrogens with one attached hydrogen (secondary N) is 1. The summed E-state index contributed by atoms with van der Waals surface area (Å²) in [5, 5.41) is 3.31. The molecule has 1 N–H and O–H groups in total. The molecule has 0 amide bonds. The predicted octanol–water partition coefficient (Wildman–Crippen LogP) is 4.46. The van der Waals surface area contributed by atoms with Crippen LogP contribution in [0.2, 0.25) is 0 Å². The number of sulfonamides is 1. The van der Waals surface area contributed by atoms with Gasteiger partial charge in [0.25, 0.3) is 0 Å². The number of ether oxygens (including phenoxy) is 1. The second-order valence-corrected chi connectivity index (χ2v) is 11.1. The first kappa shape index (κ1) is 25.0. The minimum Gasteiger partial charge on any atom is -0.497 e. The topological polar surface area (TPSA) is 115 Å². The number of anilines is 1. The number of hydrogen-bond acceptors (Lipinski definition) is 8. The van der Waals surface area contributed by atoms with E-state index >= 15 is 0 Å². The van der Waals surface area contributed by atoms with Gasteiger partial charge in [0.05, 0.1) is 17.7 Å². The molecule has 5 aromatic rings. The summed E-state index contributed by atoms with van der Waals surface area (Å²) in [6.07, 6.45) is 6.35. The van der Waals surface area contributed by atoms with Gasteiger partial charge in [0.15, 0.2) is 0 Å². The smallest absolute Gasteiger partial charge is 0.306 e. The van der Waals surface area contributed by atoms with Crippen LogP contribution in [0.1, 0.15) is 12.8 Å². The Morgan fingerprint density at radius 3 is 2.79 bits per heavy atom. The Labute approximate surface area is 224 Å². The lowest BCUT2D eigenvalue weighted by atomic mass is 10.1. The predicted molar refractivity (Wildman–Crippen MR) is 142 cm³/mol. The molecule has 0 radical (unpaired) electrons. The molecule has 4 heterocycles. The fourth-order valence-electron chi connectivity index (χ4n) is 4.77. The Kier molecular flexibility index (Phi) is 6.49. The van der Waals surface area contributed by atoms with Crippen LogP contribution in [-0.4, -0.2) is 58.3 Å². The average Bonchev–Trinajstić information content (AvgIpc) is 3.55. The lowest BCUT2D eigenvalue weighted by molar-refractivity contribution is 0.326. The van der Waals surface area contributed by atoms with E-state index < -0.39 is 10.0 Å². The quantitative estimate of drug-likeness (QED) is 0.317. The zero-order valence-electron chi connectivity index (χ0n) is 21.0. The van der Waals surface area contributed by atoms with Crippen LogP contribution in [0.15, 0.2) is 82.6 Å². The van der Waals surface area contributed by atoms with Gasteiger partial charge in [-0.1, -0.05) is 6.07 Å². The molecule has 200 valence electrons. The highest BCUT2D eigenvalue weighted by molar-refractivity contribution is 7.89. The van der Waals surface area contributed by atoms with Crippen molar-refractivity contribution in [1.82, 2.24) is 23.7 Å². The number of benzene rings is 2. The SMILES string of the molecule is COc1cccc(S(=O)(=O)N2CCC[C@@H](Nc3nccc(-c4c(-c5ccc(F)cc5)nc5occn45)n3)C2)c1. The molecule has 0 aliphatic carbocycles. The van der Waals surface area contributed by atoms with Crippen molar-refractivity contribution < 1.29 is 22.0 Å². The van der Waals surface area contributed by atoms with Crippen molar-refractivity contribution in [3.8, 4) is 28.4 Å². The van der Waals surface area contributed by atoms with E-state index in [4.69, 9.17) is 14.1 Å². The summed E-state index contributed by atoms with van der Waals surface area (Å²) in [6, 6.07) is 14.1. The Bertz CT molecular complexity index is 1730. The molecule has 39 heavy (non-hydrogen) atoms. The van der Waals surface area contributed by atoms with Crippen molar-refractivity contribution >= 4 is 21.8 Å². The molecule has 1 aliphatic rings. The summed E-state index contributed by atoms with van der Waals surface area (Å²) in [4.78, 5) is 13.9. The van der Waals surface area contributed by atoms with Crippen LogP contribution in [0, 0.1) is 5.82 Å². The van der Waals surface area contributed by atoms with Crippen molar-refractivity contribution in [2.75, 3.05) is 25.5 Å². The van der Waals surface area contributed by atoms with Gasteiger partial charge in [-0.15, -0.1) is 0 Å². The summed E-state index contributed by atoms with van der Waals surface area (Å²) in [7, 11) is -2.19. The number of methoxy groups -OCH3 is 1. The number of fused-ring (bicyclic) bond motifs is 1. The molecular weight excluding hydrogens is 523 g/mol. The van der Waals surface area contributed by atoms with Gasteiger partial charge in [0, 0.05) is 43.2 Å². The zero-order chi connectivity index (χ0) is 27.0. The van der Waals surface area contributed by atoms with E-state index in [1.807, 2.05) is 0 Å². The minimum atomic E-state index is -3.70. The van der Waals surface area contributed by atoms with Gasteiger partial charge in [-0.25, -0.2) is 22.8 Å². The van der Waals surface area contributed by atoms with E-state index in [9.17, 15) is 12.8 Å². The van der Waals surface area contributed by atoms with E-state index in [2.05, 4.69) is 15.3 Å². The van der Waals surface area contributed by atoms with Crippen LogP contribution in [0.3, 0.4) is 0 Å². The largest absolute Gasteiger partial charge is 0.497 e. The number of aromatic nitrogens is 4. The third-order valence-corrected chi connectivity index (χ3v) is 8.54.